The SMILES string of the molecule is CC(=O)N(C)C[C@H]1Oc2cc(C#C[C@H](C)O)ccc2S(=O)(=O)N([C@H](C)CO)C[C@H]1C. The number of fused-ring (bicyclic) bond motifs is 1. The molecule has 166 valence electrons. The van der Waals surface area contributed by atoms with Gasteiger partial charge in [-0.15, -0.1) is 0 Å². The van der Waals surface area contributed by atoms with Crippen LogP contribution in [0.15, 0.2) is 23.1 Å². The molecule has 1 heterocycles. The average Bonchev–Trinajstić information content (AvgIpc) is 2.68. The van der Waals surface area contributed by atoms with Gasteiger partial charge in [0, 0.05) is 38.0 Å². The number of aliphatic hydroxyl groups excluding tert-OH is 2. The number of hydrogen-bond donors (Lipinski definition) is 2. The molecule has 0 aromatic heterocycles. The van der Waals surface area contributed by atoms with Crippen molar-refractivity contribution in [2.45, 2.75) is 50.8 Å². The lowest BCUT2D eigenvalue weighted by Crippen LogP contribution is -2.50. The van der Waals surface area contributed by atoms with Crippen LogP contribution < -0.4 is 4.74 Å². The van der Waals surface area contributed by atoms with Gasteiger partial charge in [-0.1, -0.05) is 18.8 Å². The predicted octanol–water partition coefficient (Wildman–Crippen LogP) is 0.666. The van der Waals surface area contributed by atoms with E-state index in [9.17, 15) is 23.4 Å². The molecule has 0 saturated heterocycles. The van der Waals surface area contributed by atoms with E-state index in [0.29, 0.717) is 5.56 Å². The molecule has 0 saturated carbocycles. The molecule has 0 aliphatic carbocycles. The third-order valence-electron chi connectivity index (χ3n) is 5.08. The van der Waals surface area contributed by atoms with E-state index >= 15 is 0 Å². The molecule has 1 aromatic rings. The normalized spacial score (nSPS) is 22.9. The van der Waals surface area contributed by atoms with Crippen molar-refractivity contribution in [2.75, 3.05) is 26.7 Å². The number of carbonyl (C=O) groups is 1. The van der Waals surface area contributed by atoms with Crippen LogP contribution in [0.1, 0.15) is 33.3 Å². The summed E-state index contributed by atoms with van der Waals surface area (Å²) in [4.78, 5) is 13.2. The maximum absolute atomic E-state index is 13.3. The number of ether oxygens (including phenoxy) is 1. The zero-order valence-corrected chi connectivity index (χ0v) is 18.8. The van der Waals surface area contributed by atoms with Gasteiger partial charge >= 0.3 is 0 Å². The molecule has 0 radical (unpaired) electrons. The first-order chi connectivity index (χ1) is 14.0. The van der Waals surface area contributed by atoms with E-state index in [0.717, 1.165) is 0 Å². The van der Waals surface area contributed by atoms with E-state index in [4.69, 9.17) is 4.74 Å². The molecule has 8 nitrogen and oxygen atoms in total. The summed E-state index contributed by atoms with van der Waals surface area (Å²) in [6.07, 6.45) is -1.30. The number of carbonyl (C=O) groups excluding carboxylic acids is 1. The second kappa shape index (κ2) is 9.79. The minimum Gasteiger partial charge on any atom is -0.487 e. The number of sulfonamides is 1. The van der Waals surface area contributed by atoms with Crippen molar-refractivity contribution in [3.63, 3.8) is 0 Å². The lowest BCUT2D eigenvalue weighted by molar-refractivity contribution is -0.129. The Morgan fingerprint density at radius 2 is 2.07 bits per heavy atom. The molecular formula is C21H30N2O6S. The molecule has 0 fully saturated rings. The Hall–Kier alpha value is -2.12. The van der Waals surface area contributed by atoms with Crippen LogP contribution in [0, 0.1) is 17.8 Å². The van der Waals surface area contributed by atoms with Crippen LogP contribution in [-0.4, -0.2) is 78.7 Å². The van der Waals surface area contributed by atoms with E-state index in [1.807, 2.05) is 6.92 Å². The third kappa shape index (κ3) is 5.52. The number of amides is 1. The van der Waals surface area contributed by atoms with Crippen LogP contribution >= 0.6 is 0 Å². The Kier molecular flexibility index (Phi) is 7.88. The van der Waals surface area contributed by atoms with E-state index < -0.39 is 28.3 Å². The monoisotopic (exact) mass is 438 g/mol. The van der Waals surface area contributed by atoms with Crippen molar-refractivity contribution < 1.29 is 28.2 Å². The van der Waals surface area contributed by atoms with Gasteiger partial charge in [0.15, 0.2) is 0 Å². The fourth-order valence-electron chi connectivity index (χ4n) is 3.11. The number of nitrogens with zero attached hydrogens (tertiary/aromatic N) is 2. The molecule has 1 aliphatic heterocycles. The molecule has 1 aromatic carbocycles. The maximum Gasteiger partial charge on any atom is 0.247 e. The van der Waals surface area contributed by atoms with Crippen LogP contribution in [0.4, 0.5) is 0 Å². The van der Waals surface area contributed by atoms with Crippen molar-refractivity contribution >= 4 is 15.9 Å². The minimum absolute atomic E-state index is 0.0206. The van der Waals surface area contributed by atoms with Gasteiger partial charge in [-0.2, -0.15) is 4.31 Å². The Labute approximate surface area is 178 Å². The van der Waals surface area contributed by atoms with Crippen LogP contribution in [0.2, 0.25) is 0 Å². The Bertz CT molecular complexity index is 935. The molecular weight excluding hydrogens is 408 g/mol. The van der Waals surface area contributed by atoms with Gasteiger partial charge in [-0.05, 0) is 32.0 Å². The van der Waals surface area contributed by atoms with Crippen molar-refractivity contribution in [1.82, 2.24) is 9.21 Å². The highest BCUT2D eigenvalue weighted by molar-refractivity contribution is 7.89. The Morgan fingerprint density at radius 3 is 2.63 bits per heavy atom. The van der Waals surface area contributed by atoms with Crippen molar-refractivity contribution in [3.8, 4) is 17.6 Å². The highest BCUT2D eigenvalue weighted by Gasteiger charge is 2.38. The van der Waals surface area contributed by atoms with E-state index in [2.05, 4.69) is 11.8 Å². The second-order valence-electron chi connectivity index (χ2n) is 7.75. The Morgan fingerprint density at radius 1 is 1.40 bits per heavy atom. The van der Waals surface area contributed by atoms with Crippen molar-refractivity contribution in [3.05, 3.63) is 23.8 Å². The van der Waals surface area contributed by atoms with Gasteiger partial charge in [0.1, 0.15) is 22.9 Å². The summed E-state index contributed by atoms with van der Waals surface area (Å²) in [5.74, 6) is 5.17. The highest BCUT2D eigenvalue weighted by atomic mass is 32.2. The first-order valence-electron chi connectivity index (χ1n) is 9.82. The number of aliphatic hydroxyl groups is 2. The molecule has 2 N–H and O–H groups in total. The van der Waals surface area contributed by atoms with E-state index in [1.54, 1.807) is 20.0 Å². The number of benzene rings is 1. The summed E-state index contributed by atoms with van der Waals surface area (Å²) >= 11 is 0. The van der Waals surface area contributed by atoms with E-state index in [1.165, 1.54) is 35.2 Å². The molecule has 1 amide bonds. The van der Waals surface area contributed by atoms with Crippen LogP contribution in [0.3, 0.4) is 0 Å². The summed E-state index contributed by atoms with van der Waals surface area (Å²) in [7, 11) is -2.27. The highest BCUT2D eigenvalue weighted by Crippen LogP contribution is 2.34. The average molecular weight is 439 g/mol. The molecule has 2 rings (SSSR count). The lowest BCUT2D eigenvalue weighted by Gasteiger charge is -2.37. The molecule has 0 spiro atoms. The molecule has 0 bridgehead atoms. The van der Waals surface area contributed by atoms with Gasteiger partial charge in [0.2, 0.25) is 15.9 Å². The smallest absolute Gasteiger partial charge is 0.247 e. The first-order valence-corrected chi connectivity index (χ1v) is 11.3. The zero-order valence-electron chi connectivity index (χ0n) is 18.0. The van der Waals surface area contributed by atoms with Crippen LogP contribution in [-0.2, 0) is 14.8 Å². The molecule has 0 unspecified atom stereocenters. The summed E-state index contributed by atoms with van der Waals surface area (Å²) in [5.41, 5.74) is 0.499. The van der Waals surface area contributed by atoms with Gasteiger partial charge < -0.3 is 19.8 Å². The lowest BCUT2D eigenvalue weighted by atomic mass is 10.0. The van der Waals surface area contributed by atoms with Crippen molar-refractivity contribution in [2.24, 2.45) is 5.92 Å². The predicted molar refractivity (Wildman–Crippen MR) is 112 cm³/mol. The number of rotatable bonds is 4. The van der Waals surface area contributed by atoms with Gasteiger partial charge in [-0.3, -0.25) is 4.79 Å². The van der Waals surface area contributed by atoms with Crippen LogP contribution in [0.5, 0.6) is 5.75 Å². The summed E-state index contributed by atoms with van der Waals surface area (Å²) in [6.45, 7) is 6.59. The quantitative estimate of drug-likeness (QED) is 0.669. The largest absolute Gasteiger partial charge is 0.487 e. The summed E-state index contributed by atoms with van der Waals surface area (Å²) in [5, 5.41) is 19.0. The fourth-order valence-corrected chi connectivity index (χ4v) is 4.93. The zero-order chi connectivity index (χ0) is 22.6. The van der Waals surface area contributed by atoms with E-state index in [-0.39, 0.29) is 42.2 Å². The van der Waals surface area contributed by atoms with Gasteiger partial charge in [0.05, 0.1) is 13.2 Å². The standard InChI is InChI=1S/C21H30N2O6S/c1-14-11-23(15(2)13-24)30(27,28)21-9-8-18(7-6-16(3)25)10-19(21)29-20(14)12-22(5)17(4)26/h8-10,14-16,20,24-25H,11-13H2,1-5H3/t14-,15-,16+,20-/m1/s1. The first kappa shape index (κ1) is 24.2. The molecule has 9 heteroatoms. The molecule has 4 atom stereocenters. The van der Waals surface area contributed by atoms with Crippen LogP contribution in [0.25, 0.3) is 0 Å². The maximum atomic E-state index is 13.3. The van der Waals surface area contributed by atoms with Gasteiger partial charge in [-0.25, -0.2) is 8.42 Å². The number of hydrogen-bond acceptors (Lipinski definition) is 6. The Balaban J connectivity index is 2.60. The van der Waals surface area contributed by atoms with Crippen molar-refractivity contribution in [1.29, 1.82) is 0 Å². The van der Waals surface area contributed by atoms with Gasteiger partial charge in [0.25, 0.3) is 0 Å². The second-order valence-corrected chi connectivity index (χ2v) is 9.61. The minimum atomic E-state index is -3.93. The molecule has 1 aliphatic rings. The topological polar surface area (TPSA) is 107 Å². The molecule has 30 heavy (non-hydrogen) atoms. The summed E-state index contributed by atoms with van der Waals surface area (Å²) in [6, 6.07) is 3.89. The number of likely N-dealkylation sites (N-methyl/N-ethyl adjacent to an activating group) is 1. The third-order valence-corrected chi connectivity index (χ3v) is 7.10. The fraction of sp³-hybridized carbons (Fsp3) is 0.571. The summed E-state index contributed by atoms with van der Waals surface area (Å²) < 4.78 is 34.1.